The van der Waals surface area contributed by atoms with E-state index in [4.69, 9.17) is 22.6 Å². The van der Waals surface area contributed by atoms with Crippen LogP contribution in [0.15, 0.2) is 54.6 Å². The van der Waals surface area contributed by atoms with Gasteiger partial charge in [-0.3, -0.25) is 39.0 Å². The number of Topliss-reactive ketones (excluding diaryl/α,β-unsaturated/α-hetero) is 1. The van der Waals surface area contributed by atoms with Crippen LogP contribution in [0.4, 0.5) is 10.5 Å². The molecule has 4 amide bonds. The van der Waals surface area contributed by atoms with Crippen LogP contribution in [0.25, 0.3) is 0 Å². The summed E-state index contributed by atoms with van der Waals surface area (Å²) in [7, 11) is 0. The number of urea groups is 1. The van der Waals surface area contributed by atoms with Crippen LogP contribution in [-0.4, -0.2) is 212 Å². The van der Waals surface area contributed by atoms with Gasteiger partial charge in [0.1, 0.15) is 12.1 Å². The number of nitrogens with one attached hydrogen (secondary N) is 5. The van der Waals surface area contributed by atoms with Gasteiger partial charge < -0.3 is 61.9 Å². The number of carboxylic acid groups (broad SMARTS) is 4. The average Bonchev–Trinajstić information content (AvgIpc) is 3.44. The highest BCUT2D eigenvalue weighted by atomic mass is 32.1. The van der Waals surface area contributed by atoms with Crippen LogP contribution in [0.1, 0.15) is 115 Å². The number of nitrogens with zero attached hydrogens (tertiary/aromatic N) is 4. The van der Waals surface area contributed by atoms with Gasteiger partial charge in [0.15, 0.2) is 5.78 Å². The molecule has 1 aliphatic rings. The fourth-order valence-electron chi connectivity index (χ4n) is 9.63. The summed E-state index contributed by atoms with van der Waals surface area (Å²) in [5.41, 5.74) is 2.76. The number of carbonyl (C=O) groups excluding carboxylic acids is 4. The minimum atomic E-state index is -1.56. The van der Waals surface area contributed by atoms with Crippen LogP contribution in [0.2, 0.25) is 0 Å². The Hall–Kier alpha value is -6.19. The van der Waals surface area contributed by atoms with Gasteiger partial charge in [-0.15, -0.1) is 0 Å². The molecule has 0 bridgehead atoms. The number of rotatable bonds is 38. The molecule has 0 saturated carbocycles. The summed E-state index contributed by atoms with van der Waals surface area (Å²) in [6, 6.07) is 12.0. The largest absolute Gasteiger partial charge is 0.481 e. The normalized spacial score (nSPS) is 16.5. The Labute approximate surface area is 486 Å². The van der Waals surface area contributed by atoms with E-state index in [0.717, 1.165) is 88.4 Å². The van der Waals surface area contributed by atoms with Crippen LogP contribution >= 0.6 is 12.2 Å². The number of amides is 4. The molecule has 458 valence electrons. The predicted octanol–water partition coefficient (Wildman–Crippen LogP) is 3.90. The zero-order valence-electron chi connectivity index (χ0n) is 47.6. The summed E-state index contributed by atoms with van der Waals surface area (Å²) in [5, 5.41) is 70.0. The number of likely N-dealkylation sites (N-methyl/N-ethyl adjacent to an activating group) is 2. The number of carbonyl (C=O) groups is 8. The second-order valence-corrected chi connectivity index (χ2v) is 21.2. The van der Waals surface area contributed by atoms with Crippen molar-refractivity contribution in [2.45, 2.75) is 141 Å². The lowest BCUT2D eigenvalue weighted by molar-refractivity contribution is -0.244. The Kier molecular flexibility index (Phi) is 34.3. The van der Waals surface area contributed by atoms with Crippen LogP contribution in [0.5, 0.6) is 0 Å². The summed E-state index contributed by atoms with van der Waals surface area (Å²) >= 11 is 5.69. The molecule has 2 aromatic carbocycles. The monoisotopic (exact) mass is 1170 g/mol. The minimum absolute atomic E-state index is 0.0660. The Morgan fingerprint density at radius 1 is 0.646 bits per heavy atom. The standard InChI is InChI=1S/C57H89N9O15S/c1-3-63-28-30-64(4-2)39-45(66(40-67)33-32-65(31-29-63)34-35-81-80)37-42-19-21-44(22-20-42)59-51(82)18-11-6-5-10-17-50(69)60-46(23-25-52(70)71)49(68)38-43(36-41-14-8-7-9-15-41)54(74)58-27-13-12-16-47(55(75)76)61-57(79)62-48(56(77)78)24-26-53(72)73/h7-9,14-15,19-22,43,45-48,67,80H,3-6,10-13,16-18,23-40H2,1-2H3,(H,58,74)(H,59,82)(H,60,69)(H,70,71)(H,72,73)(H,75,76)(H,77,78)(H2,61,62,79)/t43-,45+,46+,47+,48+/m1/s1. The minimum Gasteiger partial charge on any atom is -0.481 e. The van der Waals surface area contributed by atoms with Crippen molar-refractivity contribution in [1.82, 2.24) is 40.9 Å². The number of hydrogen-bond donors (Lipinski definition) is 11. The lowest BCUT2D eigenvalue weighted by Gasteiger charge is -2.37. The molecule has 1 heterocycles. The van der Waals surface area contributed by atoms with Crippen molar-refractivity contribution >= 4 is 70.4 Å². The highest BCUT2D eigenvalue weighted by Crippen LogP contribution is 2.19. The van der Waals surface area contributed by atoms with E-state index in [1.807, 2.05) is 12.1 Å². The van der Waals surface area contributed by atoms with Crippen LogP contribution in [-0.2, 0) is 51.3 Å². The smallest absolute Gasteiger partial charge is 0.326 e. The van der Waals surface area contributed by atoms with E-state index in [2.05, 4.69) is 77.1 Å². The molecule has 0 aromatic heterocycles. The molecule has 82 heavy (non-hydrogen) atoms. The van der Waals surface area contributed by atoms with Gasteiger partial charge >= 0.3 is 29.9 Å². The van der Waals surface area contributed by atoms with Gasteiger partial charge in [0.2, 0.25) is 11.8 Å². The first-order chi connectivity index (χ1) is 39.3. The van der Waals surface area contributed by atoms with E-state index in [0.29, 0.717) is 37.3 Å². The topological polar surface area (TPSA) is 340 Å². The summed E-state index contributed by atoms with van der Waals surface area (Å²) in [5.74, 6) is -7.63. The quantitative estimate of drug-likeness (QED) is 0.0196. The van der Waals surface area contributed by atoms with Crippen LogP contribution < -0.4 is 26.6 Å². The first kappa shape index (κ1) is 70.1. The number of anilines is 1. The van der Waals surface area contributed by atoms with Gasteiger partial charge in [-0.1, -0.05) is 81.4 Å². The summed E-state index contributed by atoms with van der Waals surface area (Å²) in [4.78, 5) is 113. The maximum atomic E-state index is 13.9. The van der Waals surface area contributed by atoms with E-state index in [1.54, 1.807) is 30.3 Å². The number of thiocarbonyl (C=S) groups is 1. The van der Waals surface area contributed by atoms with Gasteiger partial charge in [-0.25, -0.2) is 19.3 Å². The Balaban J connectivity index is 1.49. The molecule has 1 aliphatic heterocycles. The molecule has 11 N–H and O–H groups in total. The van der Waals surface area contributed by atoms with Crippen molar-refractivity contribution in [3.8, 4) is 0 Å². The Morgan fingerprint density at radius 2 is 1.23 bits per heavy atom. The van der Waals surface area contributed by atoms with Crippen LogP contribution in [0, 0.1) is 5.92 Å². The van der Waals surface area contributed by atoms with Crippen LogP contribution in [0.3, 0.4) is 0 Å². The Bertz CT molecular complexity index is 2290. The predicted molar refractivity (Wildman–Crippen MR) is 311 cm³/mol. The van der Waals surface area contributed by atoms with Crippen molar-refractivity contribution in [2.75, 3.05) is 90.6 Å². The molecule has 3 rings (SSSR count). The third-order valence-electron chi connectivity index (χ3n) is 14.6. The second-order valence-electron chi connectivity index (χ2n) is 20.7. The number of aliphatic carboxylic acids is 4. The van der Waals surface area contributed by atoms with Crippen molar-refractivity contribution in [3.05, 3.63) is 65.7 Å². The van der Waals surface area contributed by atoms with Gasteiger partial charge in [-0.2, -0.15) is 0 Å². The Morgan fingerprint density at radius 3 is 1.83 bits per heavy atom. The van der Waals surface area contributed by atoms with Gasteiger partial charge in [-0.05, 0) is 101 Å². The molecule has 5 atom stereocenters. The summed E-state index contributed by atoms with van der Waals surface area (Å²) in [6.07, 6.45) is 2.93. The molecule has 25 heteroatoms. The van der Waals surface area contributed by atoms with E-state index < -0.39 is 90.8 Å². The van der Waals surface area contributed by atoms with Crippen molar-refractivity contribution in [3.63, 3.8) is 0 Å². The molecule has 0 radical (unpaired) electrons. The van der Waals surface area contributed by atoms with Gasteiger partial charge in [0.05, 0.1) is 24.4 Å². The third kappa shape index (κ3) is 29.2. The molecular weight excluding hydrogens is 1080 g/mol. The van der Waals surface area contributed by atoms with E-state index >= 15 is 0 Å². The number of benzene rings is 2. The van der Waals surface area contributed by atoms with E-state index in [1.165, 1.54) is 0 Å². The SMILES string of the molecule is CCN1CCN(CCOO)CCN(CO)[C@@H](Cc2ccc(NC(=S)CCCCCCC(=O)N[C@@H](CCC(=O)O)C(=O)C[C@@H](Cc3ccccc3)C(=O)NCCCC[C@H](NC(=O)N[C@@H](CCC(=O)O)C(=O)O)C(=O)O)cc2)CN(CC)CC1. The van der Waals surface area contributed by atoms with Gasteiger partial charge in [0.25, 0.3) is 0 Å². The number of unbranched alkanes of at least 4 members (excludes halogenated alkanes) is 4. The third-order valence-corrected chi connectivity index (χ3v) is 14.9. The number of ketones is 1. The maximum Gasteiger partial charge on any atom is 0.326 e. The fourth-order valence-corrected chi connectivity index (χ4v) is 9.89. The average molecular weight is 1170 g/mol. The molecule has 24 nitrogen and oxygen atoms in total. The lowest BCUT2D eigenvalue weighted by atomic mass is 9.90. The first-order valence-electron chi connectivity index (χ1n) is 28.6. The molecule has 0 aliphatic carbocycles. The second kappa shape index (κ2) is 40.1. The molecule has 2 aromatic rings. The molecule has 1 saturated heterocycles. The van der Waals surface area contributed by atoms with Crippen molar-refractivity contribution in [1.29, 1.82) is 0 Å². The fraction of sp³-hybridized carbons (Fsp3) is 0.632. The highest BCUT2D eigenvalue weighted by molar-refractivity contribution is 7.80. The van der Waals surface area contributed by atoms with Crippen molar-refractivity contribution < 1.29 is 74.0 Å². The number of carboxylic acids is 4. The molecule has 0 unspecified atom stereocenters. The van der Waals surface area contributed by atoms with Gasteiger partial charge in [0, 0.05) is 102 Å². The summed E-state index contributed by atoms with van der Waals surface area (Å²) < 4.78 is 0. The van der Waals surface area contributed by atoms with E-state index in [-0.39, 0.29) is 70.9 Å². The molecular formula is C57H89N9O15S. The highest BCUT2D eigenvalue weighted by Gasteiger charge is 2.30. The lowest BCUT2D eigenvalue weighted by Crippen LogP contribution is -2.51. The number of aliphatic hydroxyl groups is 1. The number of hydrogen-bond acceptors (Lipinski definition) is 16. The first-order valence-corrected chi connectivity index (χ1v) is 29.0. The van der Waals surface area contributed by atoms with E-state index in [9.17, 15) is 58.8 Å². The zero-order chi connectivity index (χ0) is 60.2. The number of aliphatic hydroxyl groups excluding tert-OH is 1. The molecule has 1 fully saturated rings. The zero-order valence-corrected chi connectivity index (χ0v) is 48.5. The molecule has 0 spiro atoms. The maximum absolute atomic E-state index is 13.9. The summed E-state index contributed by atoms with van der Waals surface area (Å²) in [6.45, 7) is 12.8. The van der Waals surface area contributed by atoms with Crippen molar-refractivity contribution in [2.24, 2.45) is 5.92 Å².